The van der Waals surface area contributed by atoms with Gasteiger partial charge in [0, 0.05) is 14.5 Å². The number of rotatable bonds is 3. The number of hydrogen-bond donors (Lipinski definition) is 0. The molecule has 20 heavy (non-hydrogen) atoms. The van der Waals surface area contributed by atoms with Crippen molar-refractivity contribution in [3.63, 3.8) is 0 Å². The van der Waals surface area contributed by atoms with Gasteiger partial charge in [-0.15, -0.1) is 0 Å². The molecule has 1 heterocycles. The number of pyridine rings is 1. The lowest BCUT2D eigenvalue weighted by molar-refractivity contribution is 0.126. The van der Waals surface area contributed by atoms with E-state index in [-0.39, 0.29) is 4.47 Å². The van der Waals surface area contributed by atoms with Gasteiger partial charge >= 0.3 is 0 Å². The van der Waals surface area contributed by atoms with Gasteiger partial charge < -0.3 is 4.57 Å². The number of hydrogen-bond acceptors (Lipinski definition) is 1. The lowest BCUT2D eigenvalue weighted by atomic mass is 10.1. The third-order valence-electron chi connectivity index (χ3n) is 2.66. The Morgan fingerprint density at radius 3 is 2.35 bits per heavy atom. The molecule has 0 N–H and O–H groups in total. The first-order chi connectivity index (χ1) is 9.40. The van der Waals surface area contributed by atoms with Gasteiger partial charge in [-0.05, 0) is 40.2 Å². The fraction of sp³-hybridized carbons (Fsp3) is 0.154. The summed E-state index contributed by atoms with van der Waals surface area (Å²) in [5, 5.41) is 0. The smallest absolute Gasteiger partial charge is 0.265 e. The zero-order valence-corrected chi connectivity index (χ0v) is 14.7. The lowest BCUT2D eigenvalue weighted by Gasteiger charge is -2.14. The minimum Gasteiger partial charge on any atom is -0.302 e. The molecule has 0 saturated carbocycles. The fourth-order valence-corrected chi connectivity index (χ4v) is 3.40. The van der Waals surface area contributed by atoms with E-state index in [1.165, 1.54) is 0 Å². The normalized spacial score (nSPS) is 11.1. The Bertz CT molecular complexity index is 701. The van der Waals surface area contributed by atoms with Crippen molar-refractivity contribution in [2.45, 2.75) is 13.0 Å². The third-order valence-corrected chi connectivity index (χ3v) is 4.41. The number of alkyl halides is 2. The van der Waals surface area contributed by atoms with E-state index in [0.717, 1.165) is 13.5 Å². The van der Waals surface area contributed by atoms with Gasteiger partial charge in [0.15, 0.2) is 0 Å². The van der Waals surface area contributed by atoms with Gasteiger partial charge in [-0.1, -0.05) is 37.9 Å². The predicted molar refractivity (Wildman–Crippen MR) is 85.2 cm³/mol. The predicted octanol–water partition coefficient (Wildman–Crippen LogP) is 5.07. The quantitative estimate of drug-likeness (QED) is 0.612. The van der Waals surface area contributed by atoms with Gasteiger partial charge in [-0.25, -0.2) is 8.78 Å². The molecular weight excluding hydrogens is 464 g/mol. The molecular formula is C13H8Br3F2NO. The molecule has 0 unspecified atom stereocenters. The molecule has 2 nitrogen and oxygen atoms in total. The Balaban J connectivity index is 2.67. The molecule has 1 aromatic carbocycles. The molecule has 0 atom stereocenters. The summed E-state index contributed by atoms with van der Waals surface area (Å²) in [5.41, 5.74) is 0.647. The molecule has 0 fully saturated rings. The molecule has 7 heteroatoms. The highest BCUT2D eigenvalue weighted by molar-refractivity contribution is 9.11. The van der Waals surface area contributed by atoms with Crippen LogP contribution in [0.25, 0.3) is 11.3 Å². The average molecular weight is 472 g/mol. The first-order valence-electron chi connectivity index (χ1n) is 5.53. The van der Waals surface area contributed by atoms with Crippen molar-refractivity contribution >= 4 is 47.8 Å². The summed E-state index contributed by atoms with van der Waals surface area (Å²) >= 11 is 9.79. The topological polar surface area (TPSA) is 22.0 Å². The number of benzene rings is 1. The summed E-state index contributed by atoms with van der Waals surface area (Å²) in [4.78, 5) is 12.0. The lowest BCUT2D eigenvalue weighted by Crippen LogP contribution is -2.25. The minimum absolute atomic E-state index is 0.259. The first-order valence-corrected chi connectivity index (χ1v) is 7.91. The van der Waals surface area contributed by atoms with Gasteiger partial charge in [-0.2, -0.15) is 0 Å². The number of halogens is 5. The van der Waals surface area contributed by atoms with Crippen molar-refractivity contribution in [2.24, 2.45) is 0 Å². The van der Waals surface area contributed by atoms with E-state index in [1.807, 2.05) is 0 Å². The van der Waals surface area contributed by atoms with Crippen LogP contribution in [0.1, 0.15) is 0 Å². The summed E-state index contributed by atoms with van der Waals surface area (Å²) in [6.07, 6.45) is -2.60. The Morgan fingerprint density at radius 2 is 1.75 bits per heavy atom. The van der Waals surface area contributed by atoms with E-state index < -0.39 is 18.5 Å². The molecule has 1 aromatic heterocycles. The minimum atomic E-state index is -2.60. The average Bonchev–Trinajstić information content (AvgIpc) is 2.36. The summed E-state index contributed by atoms with van der Waals surface area (Å²) in [7, 11) is 0. The molecule has 2 rings (SSSR count). The first kappa shape index (κ1) is 15.9. The Morgan fingerprint density at radius 1 is 1.05 bits per heavy atom. The highest BCUT2D eigenvalue weighted by Crippen LogP contribution is 2.31. The second-order valence-electron chi connectivity index (χ2n) is 4.00. The Kier molecular flexibility index (Phi) is 5.14. The van der Waals surface area contributed by atoms with E-state index in [9.17, 15) is 13.6 Å². The highest BCUT2D eigenvalue weighted by atomic mass is 79.9. The van der Waals surface area contributed by atoms with Gasteiger partial charge in [0.25, 0.3) is 12.0 Å². The van der Waals surface area contributed by atoms with Crippen LogP contribution in [0.3, 0.4) is 0 Å². The van der Waals surface area contributed by atoms with Crippen LogP contribution in [-0.4, -0.2) is 11.0 Å². The Hall–Kier alpha value is -0.530. The van der Waals surface area contributed by atoms with Crippen molar-refractivity contribution in [1.29, 1.82) is 0 Å². The maximum absolute atomic E-state index is 12.7. The molecule has 0 aliphatic rings. The van der Waals surface area contributed by atoms with Crippen molar-refractivity contribution in [2.75, 3.05) is 0 Å². The molecule has 0 saturated heterocycles. The van der Waals surface area contributed by atoms with E-state index in [4.69, 9.17) is 0 Å². The molecule has 0 aliphatic heterocycles. The second-order valence-corrected chi connectivity index (χ2v) is 6.62. The van der Waals surface area contributed by atoms with Crippen LogP contribution in [0.15, 0.2) is 48.5 Å². The molecule has 0 amide bonds. The maximum atomic E-state index is 12.7. The highest BCUT2D eigenvalue weighted by Gasteiger charge is 2.15. The summed E-state index contributed by atoms with van der Waals surface area (Å²) in [5.74, 6) is 0. The monoisotopic (exact) mass is 469 g/mol. The van der Waals surface area contributed by atoms with Crippen molar-refractivity contribution in [3.05, 3.63) is 54.1 Å². The van der Waals surface area contributed by atoms with Gasteiger partial charge in [0.05, 0.1) is 16.7 Å². The summed E-state index contributed by atoms with van der Waals surface area (Å²) in [6.45, 7) is -0.643. The van der Waals surface area contributed by atoms with Crippen LogP contribution >= 0.6 is 47.8 Å². The maximum Gasteiger partial charge on any atom is 0.265 e. The largest absolute Gasteiger partial charge is 0.302 e. The van der Waals surface area contributed by atoms with Crippen LogP contribution < -0.4 is 5.56 Å². The SMILES string of the molecule is O=c1c(Br)ccc(-c2ccc(Br)cc2Br)n1CC(F)F. The molecule has 0 spiro atoms. The fourth-order valence-electron chi connectivity index (χ4n) is 1.80. The molecule has 106 valence electrons. The van der Waals surface area contributed by atoms with Crippen LogP contribution in [0, 0.1) is 0 Å². The molecule has 2 aromatic rings. The summed E-state index contributed by atoms with van der Waals surface area (Å²) in [6, 6.07) is 8.56. The van der Waals surface area contributed by atoms with Crippen LogP contribution in [0.4, 0.5) is 8.78 Å². The molecule has 0 bridgehead atoms. The zero-order chi connectivity index (χ0) is 14.9. The van der Waals surface area contributed by atoms with Gasteiger partial charge in [0.1, 0.15) is 0 Å². The van der Waals surface area contributed by atoms with E-state index >= 15 is 0 Å². The number of aromatic nitrogens is 1. The molecule has 0 radical (unpaired) electrons. The second kappa shape index (κ2) is 6.49. The van der Waals surface area contributed by atoms with E-state index in [2.05, 4.69) is 47.8 Å². The van der Waals surface area contributed by atoms with Crippen LogP contribution in [0.5, 0.6) is 0 Å². The van der Waals surface area contributed by atoms with Crippen molar-refractivity contribution in [3.8, 4) is 11.3 Å². The Labute approximate surface area is 139 Å². The van der Waals surface area contributed by atoms with Gasteiger partial charge in [0.2, 0.25) is 0 Å². The molecule has 0 aliphatic carbocycles. The van der Waals surface area contributed by atoms with Crippen molar-refractivity contribution < 1.29 is 8.78 Å². The van der Waals surface area contributed by atoms with E-state index in [0.29, 0.717) is 11.3 Å². The standard InChI is InChI=1S/C13H8Br3F2NO/c14-7-1-2-8(10(16)5-7)11-4-3-9(15)13(20)19(11)6-12(17)18/h1-5,12H,6H2. The van der Waals surface area contributed by atoms with Crippen molar-refractivity contribution in [1.82, 2.24) is 4.57 Å². The summed E-state index contributed by atoms with van der Waals surface area (Å²) < 4.78 is 28.3. The van der Waals surface area contributed by atoms with Gasteiger partial charge in [-0.3, -0.25) is 4.79 Å². The third kappa shape index (κ3) is 3.38. The van der Waals surface area contributed by atoms with E-state index in [1.54, 1.807) is 30.3 Å². The number of nitrogens with zero attached hydrogens (tertiary/aromatic N) is 1. The van der Waals surface area contributed by atoms with Crippen LogP contribution in [-0.2, 0) is 6.54 Å². The van der Waals surface area contributed by atoms with Crippen LogP contribution in [0.2, 0.25) is 0 Å². The zero-order valence-electron chi connectivity index (χ0n) is 9.92.